The van der Waals surface area contributed by atoms with Gasteiger partial charge in [0.1, 0.15) is 0 Å². The van der Waals surface area contributed by atoms with E-state index in [4.69, 9.17) is 23.2 Å². The van der Waals surface area contributed by atoms with E-state index in [2.05, 4.69) is 28.3 Å². The van der Waals surface area contributed by atoms with E-state index < -0.39 is 0 Å². The second-order valence-corrected chi connectivity index (χ2v) is 5.89. The first-order valence-electron chi connectivity index (χ1n) is 6.04. The maximum Gasteiger partial charge on any atom is 0.238 e. The van der Waals surface area contributed by atoms with Crippen molar-refractivity contribution in [3.63, 3.8) is 0 Å². The molecule has 2 N–H and O–H groups in total. The first-order chi connectivity index (χ1) is 9.58. The summed E-state index contributed by atoms with van der Waals surface area (Å²) in [5.74, 6) is -0.173. The SMILES string of the molecule is Cc1cscc1CNCC(=O)Nc1c(Cl)cccc1Cl. The number of benzene rings is 1. The summed E-state index contributed by atoms with van der Waals surface area (Å²) in [6.45, 7) is 2.92. The zero-order valence-corrected chi connectivity index (χ0v) is 13.2. The lowest BCUT2D eigenvalue weighted by molar-refractivity contribution is -0.115. The van der Waals surface area contributed by atoms with Crippen molar-refractivity contribution in [2.24, 2.45) is 0 Å². The molecule has 1 aromatic carbocycles. The Morgan fingerprint density at radius 1 is 1.25 bits per heavy atom. The average Bonchev–Trinajstić information content (AvgIpc) is 2.80. The Hall–Kier alpha value is -1.07. The van der Waals surface area contributed by atoms with E-state index in [1.54, 1.807) is 29.5 Å². The first kappa shape index (κ1) is 15.3. The second-order valence-electron chi connectivity index (χ2n) is 4.33. The van der Waals surface area contributed by atoms with Gasteiger partial charge in [-0.1, -0.05) is 29.3 Å². The minimum atomic E-state index is -0.173. The molecule has 0 saturated carbocycles. The van der Waals surface area contributed by atoms with Crippen LogP contribution in [0.4, 0.5) is 5.69 Å². The Balaban J connectivity index is 1.85. The van der Waals surface area contributed by atoms with Crippen LogP contribution in [0.15, 0.2) is 29.0 Å². The van der Waals surface area contributed by atoms with Gasteiger partial charge in [0, 0.05) is 6.54 Å². The summed E-state index contributed by atoms with van der Waals surface area (Å²) < 4.78 is 0. The highest BCUT2D eigenvalue weighted by Gasteiger charge is 2.09. The molecule has 1 amide bonds. The van der Waals surface area contributed by atoms with Gasteiger partial charge >= 0.3 is 0 Å². The van der Waals surface area contributed by atoms with Crippen molar-refractivity contribution in [1.29, 1.82) is 0 Å². The Morgan fingerprint density at radius 2 is 1.95 bits per heavy atom. The molecule has 6 heteroatoms. The Kier molecular flexibility index (Phi) is 5.43. The summed E-state index contributed by atoms with van der Waals surface area (Å²) in [5.41, 5.74) is 2.89. The summed E-state index contributed by atoms with van der Waals surface area (Å²) in [6.07, 6.45) is 0. The number of nitrogens with one attached hydrogen (secondary N) is 2. The van der Waals surface area contributed by atoms with Crippen LogP contribution in [0.1, 0.15) is 11.1 Å². The highest BCUT2D eigenvalue weighted by molar-refractivity contribution is 7.08. The van der Waals surface area contributed by atoms with Crippen molar-refractivity contribution in [2.75, 3.05) is 11.9 Å². The molecular weight excluding hydrogens is 315 g/mol. The van der Waals surface area contributed by atoms with Crippen molar-refractivity contribution in [2.45, 2.75) is 13.5 Å². The van der Waals surface area contributed by atoms with Gasteiger partial charge in [0.15, 0.2) is 0 Å². The van der Waals surface area contributed by atoms with Crippen LogP contribution in [0.3, 0.4) is 0 Å². The van der Waals surface area contributed by atoms with Gasteiger partial charge in [-0.15, -0.1) is 0 Å². The normalized spacial score (nSPS) is 10.6. The summed E-state index contributed by atoms with van der Waals surface area (Å²) in [6, 6.07) is 5.11. The van der Waals surface area contributed by atoms with Gasteiger partial charge in [0.25, 0.3) is 0 Å². The monoisotopic (exact) mass is 328 g/mol. The molecule has 3 nitrogen and oxygen atoms in total. The van der Waals surface area contributed by atoms with E-state index in [-0.39, 0.29) is 12.5 Å². The first-order valence-corrected chi connectivity index (χ1v) is 7.74. The third-order valence-electron chi connectivity index (χ3n) is 2.79. The second kappa shape index (κ2) is 7.09. The summed E-state index contributed by atoms with van der Waals surface area (Å²) >= 11 is 13.6. The molecule has 0 aliphatic carbocycles. The number of thiophene rings is 1. The molecule has 106 valence electrons. The number of para-hydroxylation sites is 1. The zero-order valence-electron chi connectivity index (χ0n) is 10.9. The van der Waals surface area contributed by atoms with Gasteiger partial charge in [0.05, 0.1) is 22.3 Å². The summed E-state index contributed by atoms with van der Waals surface area (Å²) in [5, 5.41) is 10.8. The van der Waals surface area contributed by atoms with E-state index >= 15 is 0 Å². The minimum absolute atomic E-state index is 0.173. The lowest BCUT2D eigenvalue weighted by Gasteiger charge is -2.09. The van der Waals surface area contributed by atoms with E-state index in [0.717, 1.165) is 0 Å². The summed E-state index contributed by atoms with van der Waals surface area (Å²) in [4.78, 5) is 11.8. The fraction of sp³-hybridized carbons (Fsp3) is 0.214. The minimum Gasteiger partial charge on any atom is -0.322 e. The number of hydrogen-bond acceptors (Lipinski definition) is 3. The number of carbonyl (C=O) groups excluding carboxylic acids is 1. The molecule has 0 atom stereocenters. The number of aryl methyl sites for hydroxylation is 1. The van der Waals surface area contributed by atoms with Crippen LogP contribution in [0.5, 0.6) is 0 Å². The molecule has 0 aliphatic rings. The molecule has 0 unspecified atom stereocenters. The van der Waals surface area contributed by atoms with Gasteiger partial charge in [-0.05, 0) is 40.9 Å². The molecule has 2 rings (SSSR count). The number of amides is 1. The molecule has 1 heterocycles. The lowest BCUT2D eigenvalue weighted by Crippen LogP contribution is -2.28. The van der Waals surface area contributed by atoms with Gasteiger partial charge in [-0.2, -0.15) is 11.3 Å². The fourth-order valence-corrected chi connectivity index (χ4v) is 3.03. The average molecular weight is 329 g/mol. The van der Waals surface area contributed by atoms with E-state index in [0.29, 0.717) is 22.3 Å². The van der Waals surface area contributed by atoms with Crippen molar-refractivity contribution >= 4 is 46.1 Å². The largest absolute Gasteiger partial charge is 0.322 e. The van der Waals surface area contributed by atoms with Crippen molar-refractivity contribution < 1.29 is 4.79 Å². The third-order valence-corrected chi connectivity index (χ3v) is 4.33. The molecule has 2 aromatic rings. The number of carbonyl (C=O) groups is 1. The fourth-order valence-electron chi connectivity index (χ4n) is 1.68. The Morgan fingerprint density at radius 3 is 2.55 bits per heavy atom. The van der Waals surface area contributed by atoms with Crippen molar-refractivity contribution in [3.05, 3.63) is 50.1 Å². The molecule has 0 radical (unpaired) electrons. The Labute approximate surface area is 131 Å². The molecule has 1 aromatic heterocycles. The van der Waals surface area contributed by atoms with Crippen molar-refractivity contribution in [1.82, 2.24) is 5.32 Å². The lowest BCUT2D eigenvalue weighted by atomic mass is 10.2. The van der Waals surface area contributed by atoms with Crippen LogP contribution in [-0.2, 0) is 11.3 Å². The number of halogens is 2. The molecule has 0 bridgehead atoms. The molecule has 0 spiro atoms. The van der Waals surface area contributed by atoms with E-state index in [1.165, 1.54) is 11.1 Å². The van der Waals surface area contributed by atoms with Crippen LogP contribution in [0, 0.1) is 6.92 Å². The summed E-state index contributed by atoms with van der Waals surface area (Å²) in [7, 11) is 0. The molecule has 20 heavy (non-hydrogen) atoms. The highest BCUT2D eigenvalue weighted by Crippen LogP contribution is 2.29. The predicted molar refractivity (Wildman–Crippen MR) is 85.9 cm³/mol. The van der Waals surface area contributed by atoms with Gasteiger partial charge in [-0.3, -0.25) is 4.79 Å². The maximum atomic E-state index is 11.8. The number of hydrogen-bond donors (Lipinski definition) is 2. The van der Waals surface area contributed by atoms with Crippen LogP contribution in [0.2, 0.25) is 10.0 Å². The maximum absolute atomic E-state index is 11.8. The van der Waals surface area contributed by atoms with Crippen LogP contribution >= 0.6 is 34.5 Å². The molecule has 0 aliphatic heterocycles. The molecular formula is C14H14Cl2N2OS. The predicted octanol–water partition coefficient (Wildman–Crippen LogP) is 4.09. The highest BCUT2D eigenvalue weighted by atomic mass is 35.5. The topological polar surface area (TPSA) is 41.1 Å². The van der Waals surface area contributed by atoms with Crippen LogP contribution in [0.25, 0.3) is 0 Å². The van der Waals surface area contributed by atoms with Crippen molar-refractivity contribution in [3.8, 4) is 0 Å². The molecule has 0 fully saturated rings. The van der Waals surface area contributed by atoms with Gasteiger partial charge in [0.2, 0.25) is 5.91 Å². The van der Waals surface area contributed by atoms with Gasteiger partial charge < -0.3 is 10.6 Å². The number of anilines is 1. The van der Waals surface area contributed by atoms with E-state index in [1.807, 2.05) is 0 Å². The zero-order chi connectivity index (χ0) is 14.5. The quantitative estimate of drug-likeness (QED) is 0.867. The standard InChI is InChI=1S/C14H14Cl2N2OS/c1-9-7-20-8-10(9)5-17-6-13(19)18-14-11(15)3-2-4-12(14)16/h2-4,7-8,17H,5-6H2,1H3,(H,18,19). The third kappa shape index (κ3) is 3.96. The van der Waals surface area contributed by atoms with Gasteiger partial charge in [-0.25, -0.2) is 0 Å². The van der Waals surface area contributed by atoms with E-state index in [9.17, 15) is 4.79 Å². The van der Waals surface area contributed by atoms with Crippen LogP contribution < -0.4 is 10.6 Å². The number of rotatable bonds is 5. The Bertz CT molecular complexity index is 593. The molecule has 0 saturated heterocycles. The smallest absolute Gasteiger partial charge is 0.238 e. The van der Waals surface area contributed by atoms with Crippen LogP contribution in [-0.4, -0.2) is 12.5 Å².